The zero-order valence-electron chi connectivity index (χ0n) is 14.2. The van der Waals surface area contributed by atoms with Gasteiger partial charge >= 0.3 is 0 Å². The van der Waals surface area contributed by atoms with E-state index in [0.29, 0.717) is 28.2 Å². The zero-order chi connectivity index (χ0) is 20.1. The summed E-state index contributed by atoms with van der Waals surface area (Å²) in [4.78, 5) is 3.93. The van der Waals surface area contributed by atoms with Crippen LogP contribution in [0.4, 0.5) is 23.0 Å². The number of rotatable bonds is 6. The Balaban J connectivity index is 1.69. The lowest BCUT2D eigenvalue weighted by Crippen LogP contribution is -2.24. The third-order valence-corrected chi connectivity index (χ3v) is 4.96. The van der Waals surface area contributed by atoms with Crippen LogP contribution in [0.3, 0.4) is 0 Å². The van der Waals surface area contributed by atoms with Crippen molar-refractivity contribution in [2.45, 2.75) is 4.90 Å². The van der Waals surface area contributed by atoms with Crippen molar-refractivity contribution in [2.24, 2.45) is 15.9 Å². The van der Waals surface area contributed by atoms with Gasteiger partial charge in [-0.2, -0.15) is 8.42 Å². The van der Waals surface area contributed by atoms with Gasteiger partial charge in [0.1, 0.15) is 0 Å². The Hall–Kier alpha value is -3.44. The van der Waals surface area contributed by atoms with Gasteiger partial charge in [0.05, 0.1) is 10.6 Å². The molecule has 1 aromatic carbocycles. The quantitative estimate of drug-likeness (QED) is 0.266. The van der Waals surface area contributed by atoms with Crippen LogP contribution in [0.1, 0.15) is 0 Å². The molecule has 6 N–H and O–H groups in total. The number of nitrogens with one attached hydrogen (secondary N) is 2. The number of guanidine groups is 1. The molecule has 3 rings (SSSR count). The second-order valence-electron chi connectivity index (χ2n) is 5.41. The Kier molecular flexibility index (Phi) is 5.57. The monoisotopic (exact) mass is 418 g/mol. The molecule has 0 unspecified atom stereocenters. The summed E-state index contributed by atoms with van der Waals surface area (Å²) in [6, 6.07) is 12.8. The lowest BCUT2D eigenvalue weighted by molar-refractivity contribution is 0.598. The van der Waals surface area contributed by atoms with E-state index in [-0.39, 0.29) is 4.90 Å². The van der Waals surface area contributed by atoms with Crippen LogP contribution < -0.4 is 22.1 Å². The van der Waals surface area contributed by atoms with Crippen molar-refractivity contribution in [3.8, 4) is 0 Å². The summed E-state index contributed by atoms with van der Waals surface area (Å²) in [6.07, 6.45) is 1.58. The minimum atomic E-state index is -3.93. The van der Waals surface area contributed by atoms with Gasteiger partial charge < -0.3 is 22.1 Å². The first-order valence-electron chi connectivity index (χ1n) is 7.78. The molecule has 0 aliphatic heterocycles. The first-order chi connectivity index (χ1) is 13.3. The number of pyridine rings is 1. The molecule has 10 nitrogen and oxygen atoms in total. The van der Waals surface area contributed by atoms with Gasteiger partial charge in [-0.25, -0.2) is 4.98 Å². The molecule has 144 valence electrons. The maximum absolute atomic E-state index is 11.9. The summed E-state index contributed by atoms with van der Waals surface area (Å²) >= 11 is 5.99. The first kappa shape index (κ1) is 19.3. The molecular formula is C16H15ClN8O2S. The number of hydrogen-bond donors (Lipinski definition) is 4. The maximum Gasteiger partial charge on any atom is 0.285 e. The van der Waals surface area contributed by atoms with Crippen LogP contribution in [-0.2, 0) is 10.0 Å². The number of hydrogen-bond acceptors (Lipinski definition) is 7. The SMILES string of the molecule is NC(N)=NS(=O)(=O)c1ccc(Nc2ccc(Nc3cccnc3Cl)nn2)cc1. The fourth-order valence-corrected chi connectivity index (χ4v) is 3.16. The van der Waals surface area contributed by atoms with Crippen LogP contribution in [0.5, 0.6) is 0 Å². The fraction of sp³-hybridized carbons (Fsp3) is 0. The normalized spacial score (nSPS) is 10.9. The molecule has 3 aromatic rings. The molecule has 2 aromatic heterocycles. The van der Waals surface area contributed by atoms with Crippen LogP contribution in [-0.4, -0.2) is 29.6 Å². The molecule has 0 saturated heterocycles. The van der Waals surface area contributed by atoms with Crippen molar-refractivity contribution in [1.82, 2.24) is 15.2 Å². The summed E-state index contributed by atoms with van der Waals surface area (Å²) in [6.45, 7) is 0. The Labute approximate surface area is 165 Å². The lowest BCUT2D eigenvalue weighted by atomic mass is 10.3. The molecule has 0 saturated carbocycles. The summed E-state index contributed by atoms with van der Waals surface area (Å²) < 4.78 is 27.0. The largest absolute Gasteiger partial charge is 0.369 e. The van der Waals surface area contributed by atoms with Crippen LogP contribution in [0.25, 0.3) is 0 Å². The van der Waals surface area contributed by atoms with Gasteiger partial charge in [-0.1, -0.05) is 11.6 Å². The average Bonchev–Trinajstić information content (AvgIpc) is 2.65. The molecule has 12 heteroatoms. The van der Waals surface area contributed by atoms with E-state index in [1.54, 1.807) is 42.6 Å². The Morgan fingerprint density at radius 3 is 2.18 bits per heavy atom. The van der Waals surface area contributed by atoms with Gasteiger partial charge in [0.2, 0.25) is 5.96 Å². The minimum absolute atomic E-state index is 0.0366. The van der Waals surface area contributed by atoms with Gasteiger partial charge in [0, 0.05) is 11.9 Å². The number of nitrogens with two attached hydrogens (primary N) is 2. The predicted molar refractivity (Wildman–Crippen MR) is 107 cm³/mol. The van der Waals surface area contributed by atoms with Crippen LogP contribution >= 0.6 is 11.6 Å². The predicted octanol–water partition coefficient (Wildman–Crippen LogP) is 1.97. The van der Waals surface area contributed by atoms with E-state index in [4.69, 9.17) is 23.1 Å². The number of benzene rings is 1. The van der Waals surface area contributed by atoms with E-state index < -0.39 is 16.0 Å². The summed E-state index contributed by atoms with van der Waals surface area (Å²) in [5, 5.41) is 14.4. The number of aromatic nitrogens is 3. The molecule has 0 atom stereocenters. The number of sulfonamides is 1. The lowest BCUT2D eigenvalue weighted by Gasteiger charge is -2.08. The summed E-state index contributed by atoms with van der Waals surface area (Å²) in [5.41, 5.74) is 11.5. The van der Waals surface area contributed by atoms with Gasteiger partial charge in [0.15, 0.2) is 16.8 Å². The Morgan fingerprint density at radius 1 is 0.964 bits per heavy atom. The van der Waals surface area contributed by atoms with E-state index >= 15 is 0 Å². The molecule has 0 fully saturated rings. The Morgan fingerprint density at radius 2 is 1.61 bits per heavy atom. The second kappa shape index (κ2) is 8.06. The maximum atomic E-state index is 11.9. The molecule has 0 aliphatic rings. The van der Waals surface area contributed by atoms with E-state index in [0.717, 1.165) is 0 Å². The van der Waals surface area contributed by atoms with Crippen LogP contribution in [0.15, 0.2) is 64.0 Å². The highest BCUT2D eigenvalue weighted by atomic mass is 35.5. The molecule has 28 heavy (non-hydrogen) atoms. The molecule has 2 heterocycles. The van der Waals surface area contributed by atoms with Crippen LogP contribution in [0, 0.1) is 0 Å². The third-order valence-electron chi connectivity index (χ3n) is 3.34. The highest BCUT2D eigenvalue weighted by Gasteiger charge is 2.13. The molecule has 0 spiro atoms. The second-order valence-corrected chi connectivity index (χ2v) is 7.37. The van der Waals surface area contributed by atoms with Gasteiger partial charge in [0.25, 0.3) is 10.0 Å². The number of nitrogens with zero attached hydrogens (tertiary/aromatic N) is 4. The molecule has 0 radical (unpaired) electrons. The van der Waals surface area contributed by atoms with Gasteiger partial charge in [-0.05, 0) is 48.5 Å². The first-order valence-corrected chi connectivity index (χ1v) is 9.59. The average molecular weight is 419 g/mol. The van der Waals surface area contributed by atoms with Crippen molar-refractivity contribution in [3.63, 3.8) is 0 Å². The standard InChI is InChI=1S/C16H15ClN8O2S/c17-15-12(2-1-9-20-15)22-14-8-7-13(23-24-14)21-10-3-5-11(6-4-10)28(26,27)25-16(18)19/h1-9H,(H,21,23)(H,22,24)(H4,18,19,25). The fourth-order valence-electron chi connectivity index (χ4n) is 2.13. The zero-order valence-corrected chi connectivity index (χ0v) is 15.8. The summed E-state index contributed by atoms with van der Waals surface area (Å²) in [7, 11) is -3.93. The molecular weight excluding hydrogens is 404 g/mol. The topological polar surface area (TPSA) is 161 Å². The van der Waals surface area contributed by atoms with E-state index in [9.17, 15) is 8.42 Å². The van der Waals surface area contributed by atoms with E-state index in [1.807, 2.05) is 0 Å². The van der Waals surface area contributed by atoms with Crippen molar-refractivity contribution in [1.29, 1.82) is 0 Å². The highest BCUT2D eigenvalue weighted by molar-refractivity contribution is 7.90. The van der Waals surface area contributed by atoms with Crippen LogP contribution in [0.2, 0.25) is 5.15 Å². The number of anilines is 4. The van der Waals surface area contributed by atoms with Gasteiger partial charge in [-0.3, -0.25) is 0 Å². The molecule has 0 bridgehead atoms. The third kappa shape index (κ3) is 4.84. The summed E-state index contributed by atoms with van der Waals surface area (Å²) in [5.74, 6) is 0.417. The number of halogens is 1. The Bertz CT molecular complexity index is 1100. The van der Waals surface area contributed by atoms with Gasteiger partial charge in [-0.15, -0.1) is 14.6 Å². The highest BCUT2D eigenvalue weighted by Crippen LogP contribution is 2.23. The smallest absolute Gasteiger partial charge is 0.285 e. The molecule has 0 aliphatic carbocycles. The van der Waals surface area contributed by atoms with Crippen molar-refractivity contribution < 1.29 is 8.42 Å². The molecule has 0 amide bonds. The van der Waals surface area contributed by atoms with Crippen molar-refractivity contribution in [3.05, 3.63) is 59.9 Å². The van der Waals surface area contributed by atoms with Crippen molar-refractivity contribution in [2.75, 3.05) is 10.6 Å². The van der Waals surface area contributed by atoms with E-state index in [1.165, 1.54) is 12.1 Å². The van der Waals surface area contributed by atoms with Crippen molar-refractivity contribution >= 4 is 50.6 Å². The van der Waals surface area contributed by atoms with E-state index in [2.05, 4.69) is 30.2 Å². The minimum Gasteiger partial charge on any atom is -0.369 e.